The molecule has 0 radical (unpaired) electrons. The van der Waals surface area contributed by atoms with Crippen LogP contribution < -0.4 is 10.1 Å². The Kier molecular flexibility index (Phi) is 4.60. The highest BCUT2D eigenvalue weighted by Gasteiger charge is 2.17. The lowest BCUT2D eigenvalue weighted by atomic mass is 10.1. The third-order valence-electron chi connectivity index (χ3n) is 4.27. The van der Waals surface area contributed by atoms with Gasteiger partial charge in [0.1, 0.15) is 5.75 Å². The zero-order valence-electron chi connectivity index (χ0n) is 15.0. The summed E-state index contributed by atoms with van der Waals surface area (Å²) in [5.74, 6) is 0.546. The third kappa shape index (κ3) is 3.29. The van der Waals surface area contributed by atoms with Gasteiger partial charge in [0.15, 0.2) is 5.65 Å². The lowest BCUT2D eigenvalue weighted by molar-refractivity contribution is 0.102. The quantitative estimate of drug-likeness (QED) is 0.557. The molecule has 0 aliphatic heterocycles. The maximum atomic E-state index is 13.0. The molecule has 1 amide bonds. The van der Waals surface area contributed by atoms with E-state index in [4.69, 9.17) is 9.72 Å². The van der Waals surface area contributed by atoms with Crippen molar-refractivity contribution < 1.29 is 9.53 Å². The molecule has 3 heterocycles. The number of thiophene rings is 1. The van der Waals surface area contributed by atoms with Crippen LogP contribution in [0.1, 0.15) is 17.3 Å². The molecule has 0 atom stereocenters. The molecule has 136 valence electrons. The van der Waals surface area contributed by atoms with Gasteiger partial charge in [0.25, 0.3) is 5.91 Å². The summed E-state index contributed by atoms with van der Waals surface area (Å²) in [7, 11) is 1.61. The number of ether oxygens (including phenoxy) is 1. The molecule has 4 aromatic rings. The van der Waals surface area contributed by atoms with Gasteiger partial charge in [-0.3, -0.25) is 4.79 Å². The van der Waals surface area contributed by atoms with Crippen molar-refractivity contribution in [1.82, 2.24) is 14.8 Å². The molecule has 4 rings (SSSR count). The van der Waals surface area contributed by atoms with Gasteiger partial charge in [-0.2, -0.15) is 5.10 Å². The maximum Gasteiger partial charge on any atom is 0.256 e. The highest BCUT2D eigenvalue weighted by Crippen LogP contribution is 2.28. The van der Waals surface area contributed by atoms with Crippen LogP contribution in [0.4, 0.5) is 5.69 Å². The predicted octanol–water partition coefficient (Wildman–Crippen LogP) is 4.44. The van der Waals surface area contributed by atoms with Crippen molar-refractivity contribution in [3.63, 3.8) is 0 Å². The van der Waals surface area contributed by atoms with Crippen LogP contribution in [0.3, 0.4) is 0 Å². The van der Waals surface area contributed by atoms with Gasteiger partial charge in [-0.25, -0.2) is 9.67 Å². The third-order valence-corrected chi connectivity index (χ3v) is 5.17. The molecule has 0 unspecified atom stereocenters. The zero-order chi connectivity index (χ0) is 18.8. The first kappa shape index (κ1) is 17.2. The van der Waals surface area contributed by atoms with Crippen LogP contribution in [0, 0.1) is 0 Å². The van der Waals surface area contributed by atoms with Crippen molar-refractivity contribution in [3.8, 4) is 16.3 Å². The van der Waals surface area contributed by atoms with Gasteiger partial charge in [0, 0.05) is 12.2 Å². The summed E-state index contributed by atoms with van der Waals surface area (Å²) in [6.07, 6.45) is 1.70. The monoisotopic (exact) mass is 378 g/mol. The molecule has 0 aliphatic rings. The minimum atomic E-state index is -0.193. The van der Waals surface area contributed by atoms with Crippen molar-refractivity contribution in [2.75, 3.05) is 12.4 Å². The minimum Gasteiger partial charge on any atom is -0.497 e. The van der Waals surface area contributed by atoms with E-state index in [2.05, 4.69) is 10.4 Å². The molecule has 27 heavy (non-hydrogen) atoms. The second-order valence-electron chi connectivity index (χ2n) is 5.91. The van der Waals surface area contributed by atoms with Gasteiger partial charge < -0.3 is 10.1 Å². The fourth-order valence-electron chi connectivity index (χ4n) is 2.89. The number of fused-ring (bicyclic) bond motifs is 1. The number of aryl methyl sites for hydroxylation is 1. The topological polar surface area (TPSA) is 69.0 Å². The van der Waals surface area contributed by atoms with Gasteiger partial charge in [0.05, 0.1) is 34.8 Å². The predicted molar refractivity (Wildman–Crippen MR) is 107 cm³/mol. The molecule has 0 spiro atoms. The van der Waals surface area contributed by atoms with E-state index < -0.39 is 0 Å². The van der Waals surface area contributed by atoms with Crippen LogP contribution in [0.25, 0.3) is 21.6 Å². The molecule has 0 bridgehead atoms. The summed E-state index contributed by atoms with van der Waals surface area (Å²) in [6, 6.07) is 13.0. The average molecular weight is 378 g/mol. The van der Waals surface area contributed by atoms with Crippen LogP contribution in [-0.4, -0.2) is 27.8 Å². The second kappa shape index (κ2) is 7.20. The number of benzene rings is 1. The summed E-state index contributed by atoms with van der Waals surface area (Å²) in [5, 5.41) is 10.1. The van der Waals surface area contributed by atoms with Gasteiger partial charge >= 0.3 is 0 Å². The van der Waals surface area contributed by atoms with Crippen LogP contribution in [0.15, 0.2) is 54.0 Å². The number of aromatic nitrogens is 3. The van der Waals surface area contributed by atoms with E-state index in [-0.39, 0.29) is 5.91 Å². The molecule has 1 N–H and O–H groups in total. The summed E-state index contributed by atoms with van der Waals surface area (Å²) < 4.78 is 6.96. The molecule has 3 aromatic heterocycles. The number of nitrogens with zero attached hydrogens (tertiary/aromatic N) is 3. The lowest BCUT2D eigenvalue weighted by Crippen LogP contribution is -2.13. The molecule has 0 fully saturated rings. The van der Waals surface area contributed by atoms with E-state index in [0.29, 0.717) is 23.4 Å². The maximum absolute atomic E-state index is 13.0. The van der Waals surface area contributed by atoms with Crippen molar-refractivity contribution in [2.45, 2.75) is 13.5 Å². The molecule has 0 saturated carbocycles. The molecular formula is C20H18N4O2S. The number of nitrogens with one attached hydrogen (secondary N) is 1. The highest BCUT2D eigenvalue weighted by molar-refractivity contribution is 7.13. The Balaban J connectivity index is 1.76. The first-order chi connectivity index (χ1) is 13.2. The van der Waals surface area contributed by atoms with E-state index in [1.165, 1.54) is 0 Å². The Labute approximate surface area is 160 Å². The van der Waals surface area contributed by atoms with E-state index >= 15 is 0 Å². The van der Waals surface area contributed by atoms with E-state index in [1.54, 1.807) is 29.3 Å². The Bertz CT molecular complexity index is 1090. The van der Waals surface area contributed by atoms with Crippen LogP contribution >= 0.6 is 11.3 Å². The lowest BCUT2D eigenvalue weighted by Gasteiger charge is -2.09. The summed E-state index contributed by atoms with van der Waals surface area (Å²) in [5.41, 5.74) is 2.74. The summed E-state index contributed by atoms with van der Waals surface area (Å²) in [6.45, 7) is 2.69. The van der Waals surface area contributed by atoms with Crippen LogP contribution in [-0.2, 0) is 6.54 Å². The van der Waals surface area contributed by atoms with Crippen molar-refractivity contribution in [1.29, 1.82) is 0 Å². The molecular weight excluding hydrogens is 360 g/mol. The first-order valence-electron chi connectivity index (χ1n) is 8.55. The minimum absolute atomic E-state index is 0.193. The molecule has 0 aliphatic carbocycles. The van der Waals surface area contributed by atoms with Crippen molar-refractivity contribution in [2.24, 2.45) is 0 Å². The fourth-order valence-corrected chi connectivity index (χ4v) is 3.58. The molecule has 6 nitrogen and oxygen atoms in total. The summed E-state index contributed by atoms with van der Waals surface area (Å²) in [4.78, 5) is 18.7. The number of methoxy groups -OCH3 is 1. The van der Waals surface area contributed by atoms with Gasteiger partial charge in [-0.1, -0.05) is 6.07 Å². The first-order valence-corrected chi connectivity index (χ1v) is 9.43. The smallest absolute Gasteiger partial charge is 0.256 e. The van der Waals surface area contributed by atoms with E-state index in [9.17, 15) is 4.79 Å². The normalized spacial score (nSPS) is 10.9. The number of rotatable bonds is 5. The van der Waals surface area contributed by atoms with Crippen molar-refractivity contribution in [3.05, 3.63) is 59.6 Å². The van der Waals surface area contributed by atoms with E-state index in [0.717, 1.165) is 21.7 Å². The average Bonchev–Trinajstić information content (AvgIpc) is 3.37. The number of amides is 1. The Morgan fingerprint density at radius 3 is 2.74 bits per heavy atom. The van der Waals surface area contributed by atoms with Gasteiger partial charge in [-0.05, 0) is 48.7 Å². The number of pyridine rings is 1. The molecule has 7 heteroatoms. The number of carbonyl (C=O) groups excluding carboxylic acids is 1. The van der Waals surface area contributed by atoms with E-state index in [1.807, 2.05) is 54.8 Å². The second-order valence-corrected chi connectivity index (χ2v) is 6.86. The Morgan fingerprint density at radius 2 is 2.07 bits per heavy atom. The zero-order valence-corrected chi connectivity index (χ0v) is 15.8. The van der Waals surface area contributed by atoms with Gasteiger partial charge in [-0.15, -0.1) is 11.3 Å². The number of hydrogen-bond acceptors (Lipinski definition) is 5. The SMILES string of the molecule is CCn1ncc2c(C(=O)Nc3ccc(OC)cc3)cc(-c3cccs3)nc21. The van der Waals surface area contributed by atoms with Gasteiger partial charge in [0.2, 0.25) is 0 Å². The summed E-state index contributed by atoms with van der Waals surface area (Å²) >= 11 is 1.59. The molecule has 1 aromatic carbocycles. The number of anilines is 1. The number of hydrogen-bond donors (Lipinski definition) is 1. The molecule has 0 saturated heterocycles. The largest absolute Gasteiger partial charge is 0.497 e. The van der Waals surface area contributed by atoms with Crippen molar-refractivity contribution >= 4 is 34.0 Å². The van der Waals surface area contributed by atoms with Crippen LogP contribution in [0.2, 0.25) is 0 Å². The standard InChI is InChI=1S/C20H18N4O2S/c1-3-24-19-16(12-21-24)15(11-17(23-19)18-5-4-10-27-18)20(25)22-13-6-8-14(26-2)9-7-13/h4-12H,3H2,1-2H3,(H,22,25). The van der Waals surface area contributed by atoms with Crippen LogP contribution in [0.5, 0.6) is 5.75 Å². The number of carbonyl (C=O) groups is 1. The highest BCUT2D eigenvalue weighted by atomic mass is 32.1. The Hall–Kier alpha value is -3.19. The Morgan fingerprint density at radius 1 is 1.26 bits per heavy atom. The fraction of sp³-hybridized carbons (Fsp3) is 0.150.